The molecule has 2 aromatic carbocycles. The number of aryl methyl sites for hydroxylation is 1. The number of anilines is 1. The molecular weight excluding hydrogens is 436 g/mol. The number of methoxy groups -OCH3 is 3. The highest BCUT2D eigenvalue weighted by Crippen LogP contribution is 2.50. The number of hydrogen-bond donors (Lipinski definition) is 2. The van der Waals surface area contributed by atoms with Crippen LogP contribution in [0.4, 0.5) is 5.88 Å². The zero-order valence-corrected chi connectivity index (χ0v) is 19.5. The van der Waals surface area contributed by atoms with Crippen molar-refractivity contribution in [2.24, 2.45) is 0 Å². The predicted molar refractivity (Wildman–Crippen MR) is 125 cm³/mol. The van der Waals surface area contributed by atoms with Gasteiger partial charge in [-0.05, 0) is 54.7 Å². The van der Waals surface area contributed by atoms with Crippen LogP contribution in [-0.2, 0) is 4.79 Å². The van der Waals surface area contributed by atoms with Crippen molar-refractivity contribution in [2.75, 3.05) is 26.6 Å². The van der Waals surface area contributed by atoms with E-state index in [9.17, 15) is 9.90 Å². The number of aromatic hydroxyl groups is 1. The summed E-state index contributed by atoms with van der Waals surface area (Å²) < 4.78 is 21.6. The number of nitrogens with zero attached hydrogens (tertiary/aromatic N) is 1. The van der Waals surface area contributed by atoms with Crippen molar-refractivity contribution in [1.29, 1.82) is 0 Å². The van der Waals surface area contributed by atoms with E-state index in [1.165, 1.54) is 7.11 Å². The minimum absolute atomic E-state index is 0.0165. The highest BCUT2D eigenvalue weighted by molar-refractivity contribution is 6.01. The van der Waals surface area contributed by atoms with E-state index in [2.05, 4.69) is 10.5 Å². The van der Waals surface area contributed by atoms with Gasteiger partial charge in [-0.25, -0.2) is 0 Å². The molecule has 1 aliphatic carbocycles. The Bertz CT molecular complexity index is 1310. The molecule has 1 aliphatic heterocycles. The summed E-state index contributed by atoms with van der Waals surface area (Å²) in [5.74, 6) is 1.80. The number of phenolic OH excluding ortho intramolecular Hbond substituents is 1. The van der Waals surface area contributed by atoms with Gasteiger partial charge >= 0.3 is 0 Å². The topological polar surface area (TPSA) is 103 Å². The number of Topliss-reactive ketones (excluding diaryl/α,β-unsaturated/α-hetero) is 1. The number of aromatic nitrogens is 1. The number of carbonyl (C=O) groups is 1. The van der Waals surface area contributed by atoms with E-state index in [4.69, 9.17) is 18.7 Å². The summed E-state index contributed by atoms with van der Waals surface area (Å²) in [6, 6.07) is 11.0. The third kappa shape index (κ3) is 3.46. The number of nitrogens with one attached hydrogen (secondary N) is 1. The van der Waals surface area contributed by atoms with Crippen LogP contribution in [0.3, 0.4) is 0 Å². The monoisotopic (exact) mass is 462 g/mol. The van der Waals surface area contributed by atoms with Gasteiger partial charge in [0.05, 0.1) is 32.6 Å². The molecule has 2 atom stereocenters. The van der Waals surface area contributed by atoms with Crippen LogP contribution in [-0.4, -0.2) is 37.4 Å². The molecule has 2 unspecified atom stereocenters. The molecule has 2 heterocycles. The van der Waals surface area contributed by atoms with E-state index in [-0.39, 0.29) is 17.5 Å². The second-order valence-electron chi connectivity index (χ2n) is 8.54. The van der Waals surface area contributed by atoms with Gasteiger partial charge in [-0.2, -0.15) is 0 Å². The van der Waals surface area contributed by atoms with Crippen LogP contribution >= 0.6 is 0 Å². The molecule has 5 rings (SSSR count). The van der Waals surface area contributed by atoms with Crippen molar-refractivity contribution < 1.29 is 28.6 Å². The lowest BCUT2D eigenvalue weighted by molar-refractivity contribution is -0.116. The number of carbonyl (C=O) groups excluding carboxylic acids is 1. The summed E-state index contributed by atoms with van der Waals surface area (Å²) in [6.07, 6.45) is 0.975. The van der Waals surface area contributed by atoms with E-state index in [1.807, 2.05) is 31.2 Å². The molecule has 34 heavy (non-hydrogen) atoms. The largest absolute Gasteiger partial charge is 0.504 e. The first-order valence-corrected chi connectivity index (χ1v) is 11.0. The van der Waals surface area contributed by atoms with Crippen LogP contribution in [0.1, 0.15) is 47.1 Å². The summed E-state index contributed by atoms with van der Waals surface area (Å²) in [4.78, 5) is 13.6. The van der Waals surface area contributed by atoms with E-state index in [0.717, 1.165) is 22.4 Å². The number of benzene rings is 2. The highest BCUT2D eigenvalue weighted by Gasteiger charge is 2.41. The fourth-order valence-corrected chi connectivity index (χ4v) is 5.03. The Balaban J connectivity index is 1.58. The van der Waals surface area contributed by atoms with Crippen LogP contribution < -0.4 is 19.5 Å². The molecule has 0 bridgehead atoms. The number of fused-ring (bicyclic) bond motifs is 1. The molecule has 0 amide bonds. The van der Waals surface area contributed by atoms with Gasteiger partial charge < -0.3 is 29.2 Å². The van der Waals surface area contributed by atoms with Crippen LogP contribution in [0.25, 0.3) is 0 Å². The Morgan fingerprint density at radius 2 is 1.68 bits per heavy atom. The molecule has 0 spiro atoms. The van der Waals surface area contributed by atoms with E-state index >= 15 is 0 Å². The molecule has 0 radical (unpaired) electrons. The molecule has 2 N–H and O–H groups in total. The van der Waals surface area contributed by atoms with E-state index in [1.54, 1.807) is 26.4 Å². The van der Waals surface area contributed by atoms with Crippen molar-refractivity contribution in [1.82, 2.24) is 5.16 Å². The molecule has 1 aromatic heterocycles. The lowest BCUT2D eigenvalue weighted by Gasteiger charge is -2.34. The number of rotatable bonds is 5. The molecule has 8 nitrogen and oxygen atoms in total. The minimum atomic E-state index is -0.395. The van der Waals surface area contributed by atoms with Gasteiger partial charge in [-0.15, -0.1) is 0 Å². The molecular formula is C26H26N2O6. The molecule has 8 heteroatoms. The van der Waals surface area contributed by atoms with Crippen LogP contribution in [0, 0.1) is 6.92 Å². The average Bonchev–Trinajstić information content (AvgIpc) is 3.22. The van der Waals surface area contributed by atoms with Gasteiger partial charge in [0.2, 0.25) is 5.88 Å². The first-order chi connectivity index (χ1) is 16.4. The summed E-state index contributed by atoms with van der Waals surface area (Å²) in [5, 5.41) is 17.9. The fraction of sp³-hybridized carbons (Fsp3) is 0.308. The van der Waals surface area contributed by atoms with Crippen LogP contribution in [0.15, 0.2) is 52.2 Å². The molecule has 3 aromatic rings. The molecule has 2 aliphatic rings. The summed E-state index contributed by atoms with van der Waals surface area (Å²) in [7, 11) is 4.69. The van der Waals surface area contributed by atoms with Crippen molar-refractivity contribution in [3.05, 3.63) is 70.1 Å². The van der Waals surface area contributed by atoms with E-state index < -0.39 is 5.92 Å². The molecule has 176 valence electrons. The maximum atomic E-state index is 13.6. The third-order valence-electron chi connectivity index (χ3n) is 6.67. The van der Waals surface area contributed by atoms with E-state index in [0.29, 0.717) is 47.2 Å². The Morgan fingerprint density at radius 3 is 2.38 bits per heavy atom. The molecule has 0 fully saturated rings. The number of phenols is 1. The van der Waals surface area contributed by atoms with Gasteiger partial charge in [-0.1, -0.05) is 17.3 Å². The van der Waals surface area contributed by atoms with Gasteiger partial charge in [-0.3, -0.25) is 4.79 Å². The quantitative estimate of drug-likeness (QED) is 0.564. The van der Waals surface area contributed by atoms with Crippen molar-refractivity contribution in [2.45, 2.75) is 31.6 Å². The maximum Gasteiger partial charge on any atom is 0.233 e. The standard InChI is InChI=1S/C26H26N2O6/c1-13-23-24(15-6-7-20(31-2)18(29)10-15)25-17(27-26(23)34-28-13)9-16(11-19(25)30)14-5-8-21(32-3)22(12-14)33-4/h5-8,10,12,16,24,27,29H,9,11H2,1-4H3. The Morgan fingerprint density at radius 1 is 0.971 bits per heavy atom. The smallest absolute Gasteiger partial charge is 0.233 e. The Kier molecular flexibility index (Phi) is 5.43. The average molecular weight is 463 g/mol. The fourth-order valence-electron chi connectivity index (χ4n) is 5.03. The normalized spacial score (nSPS) is 19.2. The lowest BCUT2D eigenvalue weighted by atomic mass is 9.72. The van der Waals surface area contributed by atoms with Crippen LogP contribution in [0.2, 0.25) is 0 Å². The summed E-state index contributed by atoms with van der Waals surface area (Å²) in [6.45, 7) is 1.85. The number of ketones is 1. The predicted octanol–water partition coefficient (Wildman–Crippen LogP) is 4.67. The second kappa shape index (κ2) is 8.44. The SMILES string of the molecule is COc1ccc(C2C3=C(CC(c4ccc(OC)c(OC)c4)CC3=O)Nc3onc(C)c32)cc1O. The summed E-state index contributed by atoms with van der Waals surface area (Å²) in [5.41, 5.74) is 4.76. The highest BCUT2D eigenvalue weighted by atomic mass is 16.5. The summed E-state index contributed by atoms with van der Waals surface area (Å²) >= 11 is 0. The minimum Gasteiger partial charge on any atom is -0.504 e. The maximum absolute atomic E-state index is 13.6. The number of hydrogen-bond acceptors (Lipinski definition) is 8. The van der Waals surface area contributed by atoms with Crippen molar-refractivity contribution in [3.8, 4) is 23.0 Å². The molecule has 0 saturated heterocycles. The van der Waals surface area contributed by atoms with Gasteiger partial charge in [0, 0.05) is 23.6 Å². The zero-order chi connectivity index (χ0) is 24.0. The molecule has 0 saturated carbocycles. The van der Waals surface area contributed by atoms with Crippen LogP contribution in [0.5, 0.6) is 23.0 Å². The zero-order valence-electron chi connectivity index (χ0n) is 19.5. The second-order valence-corrected chi connectivity index (χ2v) is 8.54. The van der Waals surface area contributed by atoms with Gasteiger partial charge in [0.15, 0.2) is 28.8 Å². The lowest BCUT2D eigenvalue weighted by Crippen LogP contribution is -2.29. The third-order valence-corrected chi connectivity index (χ3v) is 6.67. The first kappa shape index (κ1) is 21.9. The van der Waals surface area contributed by atoms with Crippen molar-refractivity contribution >= 4 is 11.7 Å². The van der Waals surface area contributed by atoms with Gasteiger partial charge in [0.1, 0.15) is 0 Å². The first-order valence-electron chi connectivity index (χ1n) is 11.0. The number of allylic oxidation sites excluding steroid dienone is 2. The van der Waals surface area contributed by atoms with Crippen molar-refractivity contribution in [3.63, 3.8) is 0 Å². The van der Waals surface area contributed by atoms with Gasteiger partial charge in [0.25, 0.3) is 0 Å². The Hall–Kier alpha value is -3.94. The Labute approximate surface area is 197 Å². The number of ether oxygens (including phenoxy) is 3.